The van der Waals surface area contributed by atoms with Gasteiger partial charge in [0.2, 0.25) is 0 Å². The number of rotatable bonds is 4. The molecule has 2 heteroatoms. The summed E-state index contributed by atoms with van der Waals surface area (Å²) in [6, 6.07) is 18.4. The smallest absolute Gasteiger partial charge is 0.124 e. The minimum atomic E-state index is -0.507. The van der Waals surface area contributed by atoms with Gasteiger partial charge in [0.1, 0.15) is 6.23 Å². The molecular formula is C16H19NO. The molecule has 0 aliphatic heterocycles. The first-order valence-corrected chi connectivity index (χ1v) is 6.22. The molecule has 0 saturated heterocycles. The molecule has 1 N–H and O–H groups in total. The predicted molar refractivity (Wildman–Crippen MR) is 75.5 cm³/mol. The Kier molecular flexibility index (Phi) is 4.00. The number of anilines is 1. The summed E-state index contributed by atoms with van der Waals surface area (Å²) in [6.45, 7) is 4.57. The third kappa shape index (κ3) is 3.11. The zero-order valence-electron chi connectivity index (χ0n) is 10.9. The Morgan fingerprint density at radius 2 is 1.78 bits per heavy atom. The third-order valence-electron chi connectivity index (χ3n) is 2.98. The standard InChI is InChI=1S/C16H19NO/c1-13-7-6-10-16(11-13)17(14(2)18)12-15-8-4-3-5-9-15/h3-11,14,18H,12H2,1-2H3. The molecule has 0 fully saturated rings. The number of hydrogen-bond acceptors (Lipinski definition) is 2. The average Bonchev–Trinajstić information content (AvgIpc) is 2.37. The highest BCUT2D eigenvalue weighted by molar-refractivity contribution is 5.49. The molecule has 1 unspecified atom stereocenters. The largest absolute Gasteiger partial charge is 0.374 e. The van der Waals surface area contributed by atoms with Crippen molar-refractivity contribution in [2.45, 2.75) is 26.6 Å². The first-order chi connectivity index (χ1) is 8.66. The van der Waals surface area contributed by atoms with Gasteiger partial charge in [-0.05, 0) is 37.1 Å². The molecular weight excluding hydrogens is 222 g/mol. The Morgan fingerprint density at radius 3 is 2.39 bits per heavy atom. The molecule has 2 aromatic carbocycles. The van der Waals surface area contributed by atoms with E-state index in [1.54, 1.807) is 6.92 Å². The van der Waals surface area contributed by atoms with Gasteiger partial charge in [-0.15, -0.1) is 0 Å². The molecule has 0 saturated carbocycles. The summed E-state index contributed by atoms with van der Waals surface area (Å²) in [5.74, 6) is 0. The fraction of sp³-hybridized carbons (Fsp3) is 0.250. The fourth-order valence-electron chi connectivity index (χ4n) is 2.03. The highest BCUT2D eigenvalue weighted by atomic mass is 16.3. The van der Waals surface area contributed by atoms with E-state index < -0.39 is 6.23 Å². The minimum absolute atomic E-state index is 0.507. The summed E-state index contributed by atoms with van der Waals surface area (Å²) in [5, 5.41) is 9.94. The zero-order chi connectivity index (χ0) is 13.0. The number of benzene rings is 2. The van der Waals surface area contributed by atoms with Gasteiger partial charge >= 0.3 is 0 Å². The van der Waals surface area contributed by atoms with Gasteiger partial charge in [0.25, 0.3) is 0 Å². The summed E-state index contributed by atoms with van der Waals surface area (Å²) in [5.41, 5.74) is 3.44. The van der Waals surface area contributed by atoms with E-state index in [2.05, 4.69) is 31.2 Å². The monoisotopic (exact) mass is 241 g/mol. The number of hydrogen-bond donors (Lipinski definition) is 1. The van der Waals surface area contributed by atoms with Gasteiger partial charge in [-0.3, -0.25) is 0 Å². The number of aliphatic hydroxyl groups excluding tert-OH is 1. The number of aliphatic hydroxyl groups is 1. The normalized spacial score (nSPS) is 12.2. The predicted octanol–water partition coefficient (Wildman–Crippen LogP) is 3.34. The van der Waals surface area contributed by atoms with E-state index in [1.807, 2.05) is 35.2 Å². The van der Waals surface area contributed by atoms with Crippen LogP contribution in [0.4, 0.5) is 5.69 Å². The second kappa shape index (κ2) is 5.69. The SMILES string of the molecule is Cc1cccc(N(Cc2ccccc2)C(C)O)c1. The van der Waals surface area contributed by atoms with Gasteiger partial charge in [0.15, 0.2) is 0 Å². The molecule has 0 heterocycles. The topological polar surface area (TPSA) is 23.5 Å². The minimum Gasteiger partial charge on any atom is -0.374 e. The Balaban J connectivity index is 2.24. The number of nitrogens with zero attached hydrogens (tertiary/aromatic N) is 1. The average molecular weight is 241 g/mol. The quantitative estimate of drug-likeness (QED) is 0.830. The first-order valence-electron chi connectivity index (χ1n) is 6.22. The highest BCUT2D eigenvalue weighted by Crippen LogP contribution is 2.20. The molecule has 0 radical (unpaired) electrons. The molecule has 1 atom stereocenters. The second-order valence-electron chi connectivity index (χ2n) is 4.58. The summed E-state index contributed by atoms with van der Waals surface area (Å²) in [7, 11) is 0. The summed E-state index contributed by atoms with van der Waals surface area (Å²) >= 11 is 0. The summed E-state index contributed by atoms with van der Waals surface area (Å²) < 4.78 is 0. The van der Waals surface area contributed by atoms with Gasteiger partial charge in [-0.2, -0.15) is 0 Å². The molecule has 0 aliphatic rings. The molecule has 0 spiro atoms. The van der Waals surface area contributed by atoms with Crippen LogP contribution in [-0.4, -0.2) is 11.3 Å². The van der Waals surface area contributed by atoms with Gasteiger partial charge in [0.05, 0.1) is 0 Å². The van der Waals surface area contributed by atoms with E-state index in [-0.39, 0.29) is 0 Å². The van der Waals surface area contributed by atoms with Crippen LogP contribution in [0, 0.1) is 6.92 Å². The van der Waals surface area contributed by atoms with Crippen molar-refractivity contribution in [2.24, 2.45) is 0 Å². The fourth-order valence-corrected chi connectivity index (χ4v) is 2.03. The van der Waals surface area contributed by atoms with Gasteiger partial charge in [-0.25, -0.2) is 0 Å². The van der Waals surface area contributed by atoms with Crippen LogP contribution in [0.3, 0.4) is 0 Å². The van der Waals surface area contributed by atoms with Crippen LogP contribution in [-0.2, 0) is 6.54 Å². The molecule has 2 aromatic rings. The summed E-state index contributed by atoms with van der Waals surface area (Å²) in [6.07, 6.45) is -0.507. The lowest BCUT2D eigenvalue weighted by atomic mass is 10.1. The van der Waals surface area contributed by atoms with Crippen molar-refractivity contribution in [1.29, 1.82) is 0 Å². The van der Waals surface area contributed by atoms with Crippen LogP contribution in [0.5, 0.6) is 0 Å². The van der Waals surface area contributed by atoms with Crippen LogP contribution >= 0.6 is 0 Å². The lowest BCUT2D eigenvalue weighted by Crippen LogP contribution is -2.32. The molecule has 2 nitrogen and oxygen atoms in total. The third-order valence-corrected chi connectivity index (χ3v) is 2.98. The van der Waals surface area contributed by atoms with Crippen molar-refractivity contribution in [2.75, 3.05) is 4.90 Å². The van der Waals surface area contributed by atoms with Gasteiger partial charge in [-0.1, -0.05) is 42.5 Å². The molecule has 0 aliphatic carbocycles. The van der Waals surface area contributed by atoms with Crippen LogP contribution in [0.1, 0.15) is 18.1 Å². The molecule has 18 heavy (non-hydrogen) atoms. The zero-order valence-corrected chi connectivity index (χ0v) is 10.9. The highest BCUT2D eigenvalue weighted by Gasteiger charge is 2.12. The molecule has 2 rings (SSSR count). The van der Waals surface area contributed by atoms with E-state index >= 15 is 0 Å². The maximum absolute atomic E-state index is 9.94. The van der Waals surface area contributed by atoms with Crippen molar-refractivity contribution in [1.82, 2.24) is 0 Å². The molecule has 0 amide bonds. The van der Waals surface area contributed by atoms with Gasteiger partial charge < -0.3 is 10.0 Å². The van der Waals surface area contributed by atoms with E-state index in [4.69, 9.17) is 0 Å². The van der Waals surface area contributed by atoms with Crippen molar-refractivity contribution in [3.8, 4) is 0 Å². The summed E-state index contributed by atoms with van der Waals surface area (Å²) in [4.78, 5) is 1.99. The van der Waals surface area contributed by atoms with Crippen LogP contribution < -0.4 is 4.90 Å². The molecule has 0 aromatic heterocycles. The van der Waals surface area contributed by atoms with Gasteiger partial charge in [0, 0.05) is 12.2 Å². The van der Waals surface area contributed by atoms with Crippen LogP contribution in [0.25, 0.3) is 0 Å². The van der Waals surface area contributed by atoms with E-state index in [1.165, 1.54) is 11.1 Å². The van der Waals surface area contributed by atoms with Crippen LogP contribution in [0.2, 0.25) is 0 Å². The lowest BCUT2D eigenvalue weighted by Gasteiger charge is -2.28. The maximum Gasteiger partial charge on any atom is 0.124 e. The van der Waals surface area contributed by atoms with Crippen LogP contribution in [0.15, 0.2) is 54.6 Å². The first kappa shape index (κ1) is 12.7. The molecule has 94 valence electrons. The van der Waals surface area contributed by atoms with Crippen molar-refractivity contribution in [3.63, 3.8) is 0 Å². The molecule has 0 bridgehead atoms. The number of aryl methyl sites for hydroxylation is 1. The Labute approximate surface area is 109 Å². The van der Waals surface area contributed by atoms with Crippen molar-refractivity contribution in [3.05, 3.63) is 65.7 Å². The van der Waals surface area contributed by atoms with E-state index in [9.17, 15) is 5.11 Å². The Morgan fingerprint density at radius 1 is 1.06 bits per heavy atom. The van der Waals surface area contributed by atoms with Crippen molar-refractivity contribution < 1.29 is 5.11 Å². The van der Waals surface area contributed by atoms with Crippen molar-refractivity contribution >= 4 is 5.69 Å². The lowest BCUT2D eigenvalue weighted by molar-refractivity contribution is 0.186. The maximum atomic E-state index is 9.94. The Bertz CT molecular complexity index is 493. The second-order valence-corrected chi connectivity index (χ2v) is 4.58. The Hall–Kier alpha value is -1.80. The van der Waals surface area contributed by atoms with E-state index in [0.717, 1.165) is 5.69 Å². The van der Waals surface area contributed by atoms with E-state index in [0.29, 0.717) is 6.54 Å².